The Bertz CT molecular complexity index is 938. The van der Waals surface area contributed by atoms with E-state index in [1.165, 1.54) is 33.2 Å². The Balaban J connectivity index is 1.91. The first kappa shape index (κ1) is 14.2. The molecule has 0 saturated carbocycles. The smallest absolute Gasteiger partial charge is 0.0744 e. The van der Waals surface area contributed by atoms with Crippen molar-refractivity contribution in [1.82, 2.24) is 4.98 Å². The predicted molar refractivity (Wildman–Crippen MR) is 99.5 cm³/mol. The average molecular weight is 299 g/mol. The Morgan fingerprint density at radius 2 is 1.61 bits per heavy atom. The third-order valence-electron chi connectivity index (χ3n) is 4.79. The van der Waals surface area contributed by atoms with E-state index in [0.717, 1.165) is 11.2 Å². The van der Waals surface area contributed by atoms with Crippen molar-refractivity contribution in [1.29, 1.82) is 0 Å². The van der Waals surface area contributed by atoms with Crippen LogP contribution in [0.15, 0.2) is 42.5 Å². The van der Waals surface area contributed by atoms with Crippen molar-refractivity contribution >= 4 is 23.1 Å². The van der Waals surface area contributed by atoms with Gasteiger partial charge in [-0.1, -0.05) is 69.3 Å². The zero-order valence-corrected chi connectivity index (χ0v) is 14.1. The lowest BCUT2D eigenvalue weighted by atomic mass is 9.86. The molecule has 1 nitrogen and oxygen atoms in total. The summed E-state index contributed by atoms with van der Waals surface area (Å²) >= 11 is 0. The summed E-state index contributed by atoms with van der Waals surface area (Å²) in [5.74, 6) is 0. The van der Waals surface area contributed by atoms with Gasteiger partial charge in [0, 0.05) is 10.9 Å². The fourth-order valence-corrected chi connectivity index (χ4v) is 3.39. The Morgan fingerprint density at radius 1 is 0.870 bits per heavy atom. The first-order chi connectivity index (χ1) is 10.9. The Hall–Kier alpha value is -2.41. The number of hydrogen-bond donors (Lipinski definition) is 0. The summed E-state index contributed by atoms with van der Waals surface area (Å²) in [5, 5.41) is 1.29. The molecular formula is C22H21N. The molecular weight excluding hydrogens is 278 g/mol. The van der Waals surface area contributed by atoms with Crippen LogP contribution < -0.4 is 0 Å². The van der Waals surface area contributed by atoms with Crippen molar-refractivity contribution in [3.8, 4) is 11.3 Å². The van der Waals surface area contributed by atoms with Crippen LogP contribution in [0.5, 0.6) is 0 Å². The summed E-state index contributed by atoms with van der Waals surface area (Å²) < 4.78 is 0. The normalized spacial score (nSPS) is 13.0. The van der Waals surface area contributed by atoms with E-state index in [1.807, 2.05) is 0 Å². The fraction of sp³-hybridized carbons (Fsp3) is 0.227. The molecule has 0 fully saturated rings. The van der Waals surface area contributed by atoms with Gasteiger partial charge in [0.2, 0.25) is 0 Å². The molecule has 114 valence electrons. The monoisotopic (exact) mass is 299 g/mol. The molecule has 1 aliphatic carbocycles. The van der Waals surface area contributed by atoms with E-state index in [-0.39, 0.29) is 5.41 Å². The van der Waals surface area contributed by atoms with E-state index in [0.29, 0.717) is 0 Å². The molecule has 0 radical (unpaired) electrons. The summed E-state index contributed by atoms with van der Waals surface area (Å²) in [6.45, 7) is 8.92. The Labute approximate surface area is 137 Å². The van der Waals surface area contributed by atoms with Crippen molar-refractivity contribution < 1.29 is 0 Å². The second kappa shape index (κ2) is 4.79. The molecule has 0 N–H and O–H groups in total. The maximum absolute atomic E-state index is 4.96. The molecule has 0 aliphatic heterocycles. The summed E-state index contributed by atoms with van der Waals surface area (Å²) in [5.41, 5.74) is 8.77. The lowest BCUT2D eigenvalue weighted by Gasteiger charge is -2.19. The fourth-order valence-electron chi connectivity index (χ4n) is 3.39. The van der Waals surface area contributed by atoms with Gasteiger partial charge < -0.3 is 0 Å². The van der Waals surface area contributed by atoms with Crippen LogP contribution in [-0.4, -0.2) is 4.98 Å². The molecule has 0 saturated heterocycles. The molecule has 4 rings (SSSR count). The summed E-state index contributed by atoms with van der Waals surface area (Å²) in [7, 11) is 0. The van der Waals surface area contributed by atoms with Crippen LogP contribution in [-0.2, 0) is 5.41 Å². The van der Waals surface area contributed by atoms with Crippen LogP contribution in [0.2, 0.25) is 0 Å². The number of rotatable bonds is 1. The summed E-state index contributed by atoms with van der Waals surface area (Å²) in [4.78, 5) is 4.96. The zero-order chi connectivity index (χ0) is 16.2. The number of pyridine rings is 1. The molecule has 1 aliphatic rings. The Morgan fingerprint density at radius 3 is 2.30 bits per heavy atom. The van der Waals surface area contributed by atoms with Crippen molar-refractivity contribution in [3.05, 3.63) is 64.7 Å². The number of nitrogens with zero attached hydrogens (tertiary/aromatic N) is 1. The predicted octanol–water partition coefficient (Wildman–Crippen LogP) is 5.99. The van der Waals surface area contributed by atoms with E-state index >= 15 is 0 Å². The van der Waals surface area contributed by atoms with Gasteiger partial charge in [-0.2, -0.15) is 0 Å². The summed E-state index contributed by atoms with van der Waals surface area (Å²) in [6.07, 6.45) is 4.42. The van der Waals surface area contributed by atoms with Crippen LogP contribution in [0.1, 0.15) is 43.0 Å². The van der Waals surface area contributed by atoms with Gasteiger partial charge in [-0.3, -0.25) is 0 Å². The maximum Gasteiger partial charge on any atom is 0.0744 e. The minimum absolute atomic E-state index is 0.177. The topological polar surface area (TPSA) is 12.9 Å². The van der Waals surface area contributed by atoms with Gasteiger partial charge in [0.15, 0.2) is 0 Å². The van der Waals surface area contributed by atoms with Gasteiger partial charge >= 0.3 is 0 Å². The minimum Gasteiger partial charge on any atom is -0.247 e. The van der Waals surface area contributed by atoms with Crippen LogP contribution in [0, 0.1) is 6.92 Å². The van der Waals surface area contributed by atoms with Crippen LogP contribution in [0.3, 0.4) is 0 Å². The minimum atomic E-state index is 0.177. The van der Waals surface area contributed by atoms with E-state index in [9.17, 15) is 0 Å². The number of hydrogen-bond acceptors (Lipinski definition) is 1. The van der Waals surface area contributed by atoms with Gasteiger partial charge in [0.25, 0.3) is 0 Å². The average Bonchev–Trinajstić information content (AvgIpc) is 2.96. The van der Waals surface area contributed by atoms with Gasteiger partial charge in [-0.15, -0.1) is 0 Å². The van der Waals surface area contributed by atoms with Crippen LogP contribution in [0.4, 0.5) is 0 Å². The van der Waals surface area contributed by atoms with Crippen molar-refractivity contribution in [2.45, 2.75) is 33.1 Å². The molecule has 0 unspecified atom stereocenters. The van der Waals surface area contributed by atoms with Crippen molar-refractivity contribution in [2.75, 3.05) is 0 Å². The summed E-state index contributed by atoms with van der Waals surface area (Å²) in [6, 6.07) is 15.2. The largest absolute Gasteiger partial charge is 0.247 e. The molecule has 23 heavy (non-hydrogen) atoms. The van der Waals surface area contributed by atoms with E-state index in [1.54, 1.807) is 0 Å². The lowest BCUT2D eigenvalue weighted by Crippen LogP contribution is -2.10. The molecule has 3 aromatic rings. The molecule has 0 atom stereocenters. The zero-order valence-electron chi connectivity index (χ0n) is 14.1. The highest BCUT2D eigenvalue weighted by atomic mass is 14.7. The number of benzene rings is 2. The van der Waals surface area contributed by atoms with E-state index < -0.39 is 0 Å². The van der Waals surface area contributed by atoms with E-state index in [2.05, 4.69) is 82.3 Å². The quantitative estimate of drug-likeness (QED) is 0.420. The van der Waals surface area contributed by atoms with Gasteiger partial charge in [-0.25, -0.2) is 4.98 Å². The third kappa shape index (κ3) is 2.19. The molecule has 0 spiro atoms. The first-order valence-corrected chi connectivity index (χ1v) is 8.17. The lowest BCUT2D eigenvalue weighted by molar-refractivity contribution is 0.590. The molecule has 0 bridgehead atoms. The van der Waals surface area contributed by atoms with Gasteiger partial charge in [0.05, 0.1) is 11.2 Å². The second-order valence-corrected chi connectivity index (χ2v) is 7.40. The SMILES string of the molecule is Cc1c(-c2ccc(C(C)(C)C)cc2)nc2cccc3c2c1C=C3. The first-order valence-electron chi connectivity index (χ1n) is 8.17. The molecule has 1 heteroatoms. The highest BCUT2D eigenvalue weighted by molar-refractivity contribution is 6.05. The highest BCUT2D eigenvalue weighted by Crippen LogP contribution is 2.37. The Kier molecular flexibility index (Phi) is 2.96. The molecule has 0 amide bonds. The molecule has 2 aromatic carbocycles. The van der Waals surface area contributed by atoms with Crippen LogP contribution in [0.25, 0.3) is 34.3 Å². The van der Waals surface area contributed by atoms with Gasteiger partial charge in [-0.05, 0) is 40.7 Å². The van der Waals surface area contributed by atoms with Gasteiger partial charge in [0.1, 0.15) is 0 Å². The molecule has 1 aromatic heterocycles. The van der Waals surface area contributed by atoms with Crippen LogP contribution >= 0.6 is 0 Å². The van der Waals surface area contributed by atoms with Crippen molar-refractivity contribution in [3.63, 3.8) is 0 Å². The second-order valence-electron chi connectivity index (χ2n) is 7.40. The highest BCUT2D eigenvalue weighted by Gasteiger charge is 2.18. The number of aromatic nitrogens is 1. The van der Waals surface area contributed by atoms with Crippen molar-refractivity contribution in [2.24, 2.45) is 0 Å². The standard InChI is InChI=1S/C22H21N/c1-14-18-13-10-15-6-5-7-19(20(15)18)23-21(14)16-8-11-17(12-9-16)22(2,3)4/h5-13H,1-4H3. The van der Waals surface area contributed by atoms with E-state index in [4.69, 9.17) is 4.98 Å². The third-order valence-corrected chi connectivity index (χ3v) is 4.79. The molecule has 1 heterocycles. The maximum atomic E-state index is 4.96.